The zero-order chi connectivity index (χ0) is 10.6. The lowest BCUT2D eigenvalue weighted by atomic mass is 10.0. The first-order valence-electron chi connectivity index (χ1n) is 4.95. The SMILES string of the molecule is CCC(=O)C(C)CC(I)[Si](C)(C)C. The van der Waals surface area contributed by atoms with Crippen LogP contribution in [0, 0.1) is 5.92 Å². The summed E-state index contributed by atoms with van der Waals surface area (Å²) in [6.45, 7) is 11.1. The van der Waals surface area contributed by atoms with E-state index in [1.807, 2.05) is 6.92 Å². The summed E-state index contributed by atoms with van der Waals surface area (Å²) in [5.41, 5.74) is 0. The van der Waals surface area contributed by atoms with E-state index in [-0.39, 0.29) is 5.92 Å². The molecule has 2 unspecified atom stereocenters. The van der Waals surface area contributed by atoms with E-state index in [4.69, 9.17) is 0 Å². The van der Waals surface area contributed by atoms with Crippen molar-refractivity contribution in [3.63, 3.8) is 0 Å². The maximum atomic E-state index is 11.4. The highest BCUT2D eigenvalue weighted by atomic mass is 127. The Morgan fingerprint density at radius 3 is 2.15 bits per heavy atom. The lowest BCUT2D eigenvalue weighted by Gasteiger charge is -2.25. The first-order valence-corrected chi connectivity index (χ1v) is 9.78. The number of carbonyl (C=O) groups excluding carboxylic acids is 1. The Morgan fingerprint density at radius 2 is 1.85 bits per heavy atom. The first-order chi connectivity index (χ1) is 5.79. The van der Waals surface area contributed by atoms with E-state index in [2.05, 4.69) is 49.2 Å². The van der Waals surface area contributed by atoms with E-state index in [1.165, 1.54) is 0 Å². The van der Waals surface area contributed by atoms with Gasteiger partial charge in [-0.05, 0) is 6.42 Å². The van der Waals surface area contributed by atoms with Gasteiger partial charge in [0.2, 0.25) is 0 Å². The van der Waals surface area contributed by atoms with E-state index >= 15 is 0 Å². The van der Waals surface area contributed by atoms with Crippen LogP contribution in [-0.2, 0) is 4.79 Å². The van der Waals surface area contributed by atoms with Gasteiger partial charge < -0.3 is 0 Å². The molecule has 78 valence electrons. The third-order valence-electron chi connectivity index (χ3n) is 2.40. The Morgan fingerprint density at radius 1 is 1.38 bits per heavy atom. The van der Waals surface area contributed by atoms with Crippen LogP contribution in [0.3, 0.4) is 0 Å². The first kappa shape index (κ1) is 13.6. The maximum absolute atomic E-state index is 11.4. The molecular formula is C10H21IOSi. The molecule has 0 fully saturated rings. The van der Waals surface area contributed by atoms with Crippen LogP contribution in [0.4, 0.5) is 0 Å². The molecule has 0 rings (SSSR count). The zero-order valence-corrected chi connectivity index (χ0v) is 12.5. The molecule has 3 heteroatoms. The topological polar surface area (TPSA) is 17.1 Å². The molecule has 0 spiro atoms. The van der Waals surface area contributed by atoms with Gasteiger partial charge in [-0.25, -0.2) is 0 Å². The third-order valence-corrected chi connectivity index (χ3v) is 10.6. The summed E-state index contributed by atoms with van der Waals surface area (Å²) in [5.74, 6) is 0.679. The highest BCUT2D eigenvalue weighted by molar-refractivity contribution is 14.1. The van der Waals surface area contributed by atoms with E-state index in [0.717, 1.165) is 9.97 Å². The van der Waals surface area contributed by atoms with Crippen molar-refractivity contribution in [3.05, 3.63) is 0 Å². The summed E-state index contributed by atoms with van der Waals surface area (Å²) in [6, 6.07) is 0. The minimum Gasteiger partial charge on any atom is -0.299 e. The van der Waals surface area contributed by atoms with Crippen LogP contribution in [0.15, 0.2) is 0 Å². The molecule has 0 aromatic heterocycles. The zero-order valence-electron chi connectivity index (χ0n) is 9.36. The van der Waals surface area contributed by atoms with E-state index in [0.29, 0.717) is 12.2 Å². The predicted octanol–water partition coefficient (Wildman–Crippen LogP) is 3.67. The third kappa shape index (κ3) is 5.15. The van der Waals surface area contributed by atoms with E-state index in [9.17, 15) is 4.79 Å². The molecule has 0 saturated carbocycles. The number of rotatable bonds is 5. The molecule has 0 saturated heterocycles. The van der Waals surface area contributed by atoms with Crippen molar-refractivity contribution in [3.8, 4) is 0 Å². The Hall–Kier alpha value is 0.617. The standard InChI is InChI=1S/C10H21IOSi/c1-6-9(12)8(2)7-10(11)13(3,4)5/h8,10H,6-7H2,1-5H3. The van der Waals surface area contributed by atoms with Crippen LogP contribution in [0.25, 0.3) is 0 Å². The molecule has 0 bridgehead atoms. The predicted molar refractivity (Wildman–Crippen MR) is 70.2 cm³/mol. The van der Waals surface area contributed by atoms with Gasteiger partial charge in [0, 0.05) is 15.9 Å². The van der Waals surface area contributed by atoms with Gasteiger partial charge >= 0.3 is 0 Å². The molecule has 0 aliphatic rings. The van der Waals surface area contributed by atoms with Crippen molar-refractivity contribution in [2.75, 3.05) is 0 Å². The van der Waals surface area contributed by atoms with Crippen LogP contribution in [0.1, 0.15) is 26.7 Å². The average Bonchev–Trinajstić information content (AvgIpc) is 2.01. The van der Waals surface area contributed by atoms with Crippen molar-refractivity contribution in [2.24, 2.45) is 5.92 Å². The number of Topliss-reactive ketones (excluding diaryl/α,β-unsaturated/α-hetero) is 1. The Bertz CT molecular complexity index is 174. The molecule has 0 N–H and O–H groups in total. The maximum Gasteiger partial charge on any atom is 0.135 e. The van der Waals surface area contributed by atoms with Crippen molar-refractivity contribution < 1.29 is 4.79 Å². The van der Waals surface area contributed by atoms with Crippen LogP contribution in [-0.4, -0.2) is 17.4 Å². The molecule has 1 nitrogen and oxygen atoms in total. The normalized spacial score (nSPS) is 16.8. The Kier molecular flexibility index (Phi) is 5.75. The van der Waals surface area contributed by atoms with Gasteiger partial charge in [-0.3, -0.25) is 4.79 Å². The summed E-state index contributed by atoms with van der Waals surface area (Å²) in [6.07, 6.45) is 1.76. The van der Waals surface area contributed by atoms with Crippen molar-refractivity contribution in [1.29, 1.82) is 0 Å². The van der Waals surface area contributed by atoms with Gasteiger partial charge in [-0.1, -0.05) is 56.1 Å². The number of alkyl halides is 1. The smallest absolute Gasteiger partial charge is 0.135 e. The van der Waals surface area contributed by atoms with Gasteiger partial charge in [0.15, 0.2) is 0 Å². The van der Waals surface area contributed by atoms with Crippen molar-refractivity contribution in [1.82, 2.24) is 0 Å². The van der Waals surface area contributed by atoms with Crippen LogP contribution < -0.4 is 0 Å². The summed E-state index contributed by atoms with van der Waals surface area (Å²) in [5, 5.41) is 0. The molecule has 13 heavy (non-hydrogen) atoms. The van der Waals surface area contributed by atoms with E-state index in [1.54, 1.807) is 0 Å². The molecular weight excluding hydrogens is 291 g/mol. The molecule has 0 radical (unpaired) electrons. The fourth-order valence-electron chi connectivity index (χ4n) is 1.14. The number of hydrogen-bond acceptors (Lipinski definition) is 1. The second-order valence-electron chi connectivity index (χ2n) is 4.79. The molecule has 0 aliphatic heterocycles. The molecule has 0 amide bonds. The van der Waals surface area contributed by atoms with Crippen molar-refractivity contribution in [2.45, 2.75) is 49.9 Å². The summed E-state index contributed by atoms with van der Waals surface area (Å²) in [7, 11) is -1.05. The minimum absolute atomic E-state index is 0.263. The van der Waals surface area contributed by atoms with Gasteiger partial charge in [0.05, 0.1) is 8.07 Å². The average molecular weight is 312 g/mol. The van der Waals surface area contributed by atoms with Crippen molar-refractivity contribution >= 4 is 36.4 Å². The van der Waals surface area contributed by atoms with Crippen LogP contribution >= 0.6 is 22.6 Å². The van der Waals surface area contributed by atoms with E-state index < -0.39 is 8.07 Å². The quantitative estimate of drug-likeness (QED) is 0.430. The second kappa shape index (κ2) is 5.49. The summed E-state index contributed by atoms with van der Waals surface area (Å²) < 4.78 is 0.718. The van der Waals surface area contributed by atoms with Gasteiger partial charge in [0.25, 0.3) is 0 Å². The van der Waals surface area contributed by atoms with Crippen LogP contribution in [0.2, 0.25) is 19.6 Å². The Balaban J connectivity index is 4.06. The van der Waals surface area contributed by atoms with Crippen LogP contribution in [0.5, 0.6) is 0 Å². The minimum atomic E-state index is -1.05. The largest absolute Gasteiger partial charge is 0.299 e. The van der Waals surface area contributed by atoms with Gasteiger partial charge in [0.1, 0.15) is 5.78 Å². The fraction of sp³-hybridized carbons (Fsp3) is 0.900. The molecule has 0 aromatic carbocycles. The molecule has 0 aromatic rings. The lowest BCUT2D eigenvalue weighted by molar-refractivity contribution is -0.122. The number of carbonyl (C=O) groups is 1. The number of halogens is 1. The highest BCUT2D eigenvalue weighted by Crippen LogP contribution is 2.24. The summed E-state index contributed by atoms with van der Waals surface area (Å²) >= 11 is 2.52. The second-order valence-corrected chi connectivity index (χ2v) is 12.9. The Labute approximate surface area is 96.8 Å². The van der Waals surface area contributed by atoms with Gasteiger partial charge in [-0.2, -0.15) is 0 Å². The molecule has 0 heterocycles. The monoisotopic (exact) mass is 312 g/mol. The lowest BCUT2D eigenvalue weighted by Crippen LogP contribution is -2.35. The van der Waals surface area contributed by atoms with Gasteiger partial charge in [-0.15, -0.1) is 0 Å². The highest BCUT2D eigenvalue weighted by Gasteiger charge is 2.27. The summed E-state index contributed by atoms with van der Waals surface area (Å²) in [4.78, 5) is 11.4. The fourth-order valence-corrected chi connectivity index (χ4v) is 2.97. The number of hydrogen-bond donors (Lipinski definition) is 0. The number of ketones is 1. The molecule has 0 aliphatic carbocycles. The molecule has 2 atom stereocenters.